The lowest BCUT2D eigenvalue weighted by Gasteiger charge is -2.30. The molecule has 1 amide bonds. The third-order valence-corrected chi connectivity index (χ3v) is 7.08. The number of amides is 1. The highest BCUT2D eigenvalue weighted by Crippen LogP contribution is 2.43. The zero-order chi connectivity index (χ0) is 24.3. The van der Waals surface area contributed by atoms with Crippen LogP contribution < -0.4 is 4.90 Å². The lowest BCUT2D eigenvalue weighted by Crippen LogP contribution is -2.39. The Kier molecular flexibility index (Phi) is 6.97. The summed E-state index contributed by atoms with van der Waals surface area (Å²) in [5, 5.41) is 18.5. The van der Waals surface area contributed by atoms with Gasteiger partial charge in [0.1, 0.15) is 0 Å². The second-order valence-electron chi connectivity index (χ2n) is 9.46. The lowest BCUT2D eigenvalue weighted by molar-refractivity contribution is -0.126. The van der Waals surface area contributed by atoms with Gasteiger partial charge in [0.25, 0.3) is 0 Å². The molecule has 0 saturated heterocycles. The quantitative estimate of drug-likeness (QED) is 0.484. The van der Waals surface area contributed by atoms with Crippen molar-refractivity contribution in [3.8, 4) is 6.07 Å². The second kappa shape index (κ2) is 9.92. The van der Waals surface area contributed by atoms with Gasteiger partial charge < -0.3 is 10.0 Å². The van der Waals surface area contributed by atoms with E-state index in [1.54, 1.807) is 11.9 Å². The summed E-state index contributed by atoms with van der Waals surface area (Å²) in [7, 11) is 1.76. The van der Waals surface area contributed by atoms with E-state index in [-0.39, 0.29) is 24.7 Å². The van der Waals surface area contributed by atoms with E-state index >= 15 is 0 Å². The van der Waals surface area contributed by atoms with Crippen LogP contribution in [0.25, 0.3) is 0 Å². The molecule has 1 atom stereocenters. The molecule has 0 aliphatic carbocycles. The number of nitriles is 1. The van der Waals surface area contributed by atoms with Gasteiger partial charge in [-0.2, -0.15) is 5.26 Å². The van der Waals surface area contributed by atoms with Crippen LogP contribution in [0.4, 0.5) is 5.69 Å². The van der Waals surface area contributed by atoms with Crippen molar-refractivity contribution in [3.05, 3.63) is 76.4 Å². The van der Waals surface area contributed by atoms with Crippen molar-refractivity contribution in [2.24, 2.45) is 0 Å². The molecule has 0 fully saturated rings. The summed E-state index contributed by atoms with van der Waals surface area (Å²) >= 11 is 0. The number of hydrogen-bond acceptors (Lipinski definition) is 5. The van der Waals surface area contributed by atoms with E-state index in [4.69, 9.17) is 0 Å². The predicted octanol–water partition coefficient (Wildman–Crippen LogP) is 3.51. The SMILES string of the molecule is CN1C(=O)C(C)(CC(=O)/C(=C\CCCO)CN2CCc3ccc(C#N)cc3C2)c2ccccc21. The molecular formula is C28H31N3O3. The number of para-hydroxylation sites is 1. The fourth-order valence-electron chi connectivity index (χ4n) is 5.13. The zero-order valence-corrected chi connectivity index (χ0v) is 19.9. The van der Waals surface area contributed by atoms with Gasteiger partial charge in [-0.3, -0.25) is 14.5 Å². The maximum absolute atomic E-state index is 13.6. The minimum atomic E-state index is -0.894. The summed E-state index contributed by atoms with van der Waals surface area (Å²) in [6.07, 6.45) is 4.11. The first-order valence-electron chi connectivity index (χ1n) is 11.8. The average molecular weight is 458 g/mol. The van der Waals surface area contributed by atoms with Gasteiger partial charge in [0.05, 0.1) is 17.0 Å². The van der Waals surface area contributed by atoms with E-state index in [2.05, 4.69) is 11.0 Å². The number of nitrogens with zero attached hydrogens (tertiary/aromatic N) is 3. The summed E-state index contributed by atoms with van der Waals surface area (Å²) in [5.74, 6) is -0.0943. The van der Waals surface area contributed by atoms with E-state index in [0.717, 1.165) is 29.8 Å². The van der Waals surface area contributed by atoms with Crippen LogP contribution in [-0.2, 0) is 28.0 Å². The molecular weight excluding hydrogens is 426 g/mol. The topological polar surface area (TPSA) is 84.6 Å². The molecule has 4 rings (SSSR count). The maximum Gasteiger partial charge on any atom is 0.237 e. The molecule has 6 nitrogen and oxygen atoms in total. The van der Waals surface area contributed by atoms with Gasteiger partial charge in [-0.15, -0.1) is 0 Å². The molecule has 2 aromatic rings. The Balaban J connectivity index is 1.55. The first-order valence-corrected chi connectivity index (χ1v) is 11.8. The molecule has 0 bridgehead atoms. The number of aliphatic hydroxyl groups is 1. The van der Waals surface area contributed by atoms with Gasteiger partial charge >= 0.3 is 0 Å². The molecule has 0 spiro atoms. The Hall–Kier alpha value is -3.27. The number of fused-ring (bicyclic) bond motifs is 2. The van der Waals surface area contributed by atoms with E-state index in [9.17, 15) is 20.0 Å². The Morgan fingerprint density at radius 1 is 1.24 bits per heavy atom. The van der Waals surface area contributed by atoms with Crippen molar-refractivity contribution in [2.75, 3.05) is 31.6 Å². The summed E-state index contributed by atoms with van der Waals surface area (Å²) in [5.41, 5.74) is 4.56. The number of rotatable bonds is 8. The zero-order valence-electron chi connectivity index (χ0n) is 19.9. The van der Waals surface area contributed by atoms with E-state index in [1.807, 2.05) is 55.5 Å². The molecule has 2 aliphatic rings. The van der Waals surface area contributed by atoms with Crippen LogP contribution in [0.1, 0.15) is 48.4 Å². The molecule has 176 valence electrons. The Morgan fingerprint density at radius 3 is 2.79 bits per heavy atom. The molecule has 2 aromatic carbocycles. The van der Waals surface area contributed by atoms with Crippen molar-refractivity contribution >= 4 is 17.4 Å². The van der Waals surface area contributed by atoms with Crippen molar-refractivity contribution in [2.45, 2.75) is 44.6 Å². The largest absolute Gasteiger partial charge is 0.396 e. The van der Waals surface area contributed by atoms with Crippen LogP contribution in [0.15, 0.2) is 54.1 Å². The summed E-state index contributed by atoms with van der Waals surface area (Å²) < 4.78 is 0. The highest BCUT2D eigenvalue weighted by atomic mass is 16.3. The van der Waals surface area contributed by atoms with Crippen LogP contribution in [-0.4, -0.2) is 48.4 Å². The number of carbonyl (C=O) groups is 2. The molecule has 1 unspecified atom stereocenters. The molecule has 2 heterocycles. The van der Waals surface area contributed by atoms with E-state index in [0.29, 0.717) is 37.1 Å². The smallest absolute Gasteiger partial charge is 0.237 e. The number of likely N-dealkylation sites (N-methyl/N-ethyl adjacent to an activating group) is 1. The molecule has 2 aliphatic heterocycles. The molecule has 0 aromatic heterocycles. The highest BCUT2D eigenvalue weighted by molar-refractivity contribution is 6.11. The maximum atomic E-state index is 13.6. The van der Waals surface area contributed by atoms with Crippen LogP contribution in [0, 0.1) is 11.3 Å². The average Bonchev–Trinajstić information content (AvgIpc) is 3.04. The minimum Gasteiger partial charge on any atom is -0.396 e. The van der Waals surface area contributed by atoms with E-state index in [1.165, 1.54) is 5.56 Å². The van der Waals surface area contributed by atoms with Gasteiger partial charge in [0, 0.05) is 51.0 Å². The number of unbranched alkanes of at least 4 members (excludes halogenated alkanes) is 1. The highest BCUT2D eigenvalue weighted by Gasteiger charge is 2.47. The number of Topliss-reactive ketones (excluding diaryl/α,β-unsaturated/α-hetero) is 1. The van der Waals surface area contributed by atoms with Crippen molar-refractivity contribution < 1.29 is 14.7 Å². The van der Waals surface area contributed by atoms with Gasteiger partial charge in [0.15, 0.2) is 5.78 Å². The molecule has 6 heteroatoms. The van der Waals surface area contributed by atoms with Crippen LogP contribution in [0.3, 0.4) is 0 Å². The van der Waals surface area contributed by atoms with E-state index < -0.39 is 5.41 Å². The fourth-order valence-corrected chi connectivity index (χ4v) is 5.13. The monoisotopic (exact) mass is 457 g/mol. The second-order valence-corrected chi connectivity index (χ2v) is 9.46. The number of allylic oxidation sites excluding steroid dienone is 1. The van der Waals surface area contributed by atoms with Crippen LogP contribution in [0.5, 0.6) is 0 Å². The molecule has 1 N–H and O–H groups in total. The summed E-state index contributed by atoms with van der Waals surface area (Å²) in [4.78, 5) is 30.7. The summed E-state index contributed by atoms with van der Waals surface area (Å²) in [6.45, 7) is 3.92. The van der Waals surface area contributed by atoms with Crippen molar-refractivity contribution in [1.82, 2.24) is 4.90 Å². The lowest BCUT2D eigenvalue weighted by atomic mass is 9.78. The van der Waals surface area contributed by atoms with Gasteiger partial charge in [-0.1, -0.05) is 30.3 Å². The normalized spacial score (nSPS) is 20.1. The number of anilines is 1. The number of hydrogen-bond donors (Lipinski definition) is 1. The Labute approximate surface area is 201 Å². The standard InChI is InChI=1S/C28H31N3O3/c1-28(24-8-3-4-9-25(24)30(2)27(28)34)16-26(33)22(7-5-6-14-32)18-31-13-12-21-11-10-20(17-29)15-23(21)19-31/h3-4,7-11,15,32H,5-6,12-14,16,18-19H2,1-2H3/b22-7-. The Morgan fingerprint density at radius 2 is 2.03 bits per heavy atom. The van der Waals surface area contributed by atoms with Crippen molar-refractivity contribution in [1.29, 1.82) is 5.26 Å². The fraction of sp³-hybridized carbons (Fsp3) is 0.393. The number of benzene rings is 2. The molecule has 34 heavy (non-hydrogen) atoms. The van der Waals surface area contributed by atoms with Crippen molar-refractivity contribution in [3.63, 3.8) is 0 Å². The van der Waals surface area contributed by atoms with Crippen LogP contribution >= 0.6 is 0 Å². The number of ketones is 1. The first kappa shape index (κ1) is 23.9. The third kappa shape index (κ3) is 4.54. The third-order valence-electron chi connectivity index (χ3n) is 7.08. The number of carbonyl (C=O) groups excluding carboxylic acids is 2. The number of aliphatic hydroxyl groups excluding tert-OH is 1. The van der Waals surface area contributed by atoms with Crippen LogP contribution in [0.2, 0.25) is 0 Å². The first-order chi connectivity index (χ1) is 16.4. The minimum absolute atomic E-state index is 0.0320. The molecule has 0 saturated carbocycles. The predicted molar refractivity (Wildman–Crippen MR) is 131 cm³/mol. The summed E-state index contributed by atoms with van der Waals surface area (Å²) in [6, 6.07) is 15.7. The Bertz CT molecular complexity index is 1180. The van der Waals surface area contributed by atoms with Gasteiger partial charge in [-0.25, -0.2) is 0 Å². The van der Waals surface area contributed by atoms with Gasteiger partial charge in [0.2, 0.25) is 5.91 Å². The molecule has 0 radical (unpaired) electrons. The van der Waals surface area contributed by atoms with Gasteiger partial charge in [-0.05, 0) is 61.1 Å².